The Bertz CT molecular complexity index is 971. The summed E-state index contributed by atoms with van der Waals surface area (Å²) in [6.07, 6.45) is 4.90. The Kier molecular flexibility index (Phi) is 6.02. The summed E-state index contributed by atoms with van der Waals surface area (Å²) in [5.41, 5.74) is 2.46. The van der Waals surface area contributed by atoms with Crippen LogP contribution in [-0.4, -0.2) is 35.6 Å². The molecule has 1 fully saturated rings. The standard InChI is InChI=1S/C23H22BrN3O2/c24-20-8-4-7-19(13-20)23(9-11-29-12-10-23)16-27-22(28)18-14-25-21(26-15-18)17-5-2-1-3-6-17/h1-8,13-15H,9-12,16H2,(H,27,28). The van der Waals surface area contributed by atoms with E-state index in [0.717, 1.165) is 22.9 Å². The molecule has 0 spiro atoms. The molecule has 5 nitrogen and oxygen atoms in total. The van der Waals surface area contributed by atoms with E-state index in [2.05, 4.69) is 43.3 Å². The number of nitrogens with zero attached hydrogens (tertiary/aromatic N) is 2. The molecule has 1 amide bonds. The van der Waals surface area contributed by atoms with Gasteiger partial charge in [-0.2, -0.15) is 0 Å². The van der Waals surface area contributed by atoms with Gasteiger partial charge in [0, 0.05) is 47.6 Å². The Morgan fingerprint density at radius 3 is 2.45 bits per heavy atom. The summed E-state index contributed by atoms with van der Waals surface area (Å²) in [5.74, 6) is 0.447. The van der Waals surface area contributed by atoms with Crippen molar-refractivity contribution in [3.05, 3.63) is 82.6 Å². The molecule has 0 aliphatic carbocycles. The molecule has 0 radical (unpaired) electrons. The van der Waals surface area contributed by atoms with Gasteiger partial charge in [0.05, 0.1) is 5.56 Å². The number of amides is 1. The molecule has 29 heavy (non-hydrogen) atoms. The second-order valence-corrected chi connectivity index (χ2v) is 8.16. The molecule has 0 bridgehead atoms. The zero-order valence-corrected chi connectivity index (χ0v) is 17.6. The topological polar surface area (TPSA) is 64.1 Å². The fourth-order valence-electron chi connectivity index (χ4n) is 3.68. The van der Waals surface area contributed by atoms with Crippen LogP contribution in [0.5, 0.6) is 0 Å². The van der Waals surface area contributed by atoms with Crippen molar-refractivity contribution in [3.8, 4) is 11.4 Å². The summed E-state index contributed by atoms with van der Waals surface area (Å²) >= 11 is 3.56. The van der Waals surface area contributed by atoms with E-state index in [1.54, 1.807) is 12.4 Å². The van der Waals surface area contributed by atoms with Crippen molar-refractivity contribution in [3.63, 3.8) is 0 Å². The zero-order valence-electron chi connectivity index (χ0n) is 16.0. The molecular formula is C23H22BrN3O2. The van der Waals surface area contributed by atoms with Crippen molar-refractivity contribution in [1.29, 1.82) is 0 Å². The number of benzene rings is 2. The van der Waals surface area contributed by atoms with Crippen molar-refractivity contribution >= 4 is 21.8 Å². The maximum atomic E-state index is 12.7. The molecule has 2 heterocycles. The average Bonchev–Trinajstić information content (AvgIpc) is 2.79. The molecule has 0 saturated carbocycles. The summed E-state index contributed by atoms with van der Waals surface area (Å²) in [6, 6.07) is 18.0. The molecule has 4 rings (SSSR count). The Hall–Kier alpha value is -2.57. The smallest absolute Gasteiger partial charge is 0.254 e. The number of aromatic nitrogens is 2. The van der Waals surface area contributed by atoms with Crippen molar-refractivity contribution in [2.45, 2.75) is 18.3 Å². The fourth-order valence-corrected chi connectivity index (χ4v) is 4.08. The van der Waals surface area contributed by atoms with E-state index in [1.165, 1.54) is 5.56 Å². The summed E-state index contributed by atoms with van der Waals surface area (Å²) in [7, 11) is 0. The third kappa shape index (κ3) is 4.54. The maximum absolute atomic E-state index is 12.7. The number of hydrogen-bond donors (Lipinski definition) is 1. The van der Waals surface area contributed by atoms with Crippen LogP contribution in [0, 0.1) is 0 Å². The van der Waals surface area contributed by atoms with Gasteiger partial charge < -0.3 is 10.1 Å². The molecule has 6 heteroatoms. The fraction of sp³-hybridized carbons (Fsp3) is 0.261. The molecule has 1 saturated heterocycles. The maximum Gasteiger partial charge on any atom is 0.254 e. The first kappa shape index (κ1) is 19.7. The molecule has 1 N–H and O–H groups in total. The van der Waals surface area contributed by atoms with E-state index in [-0.39, 0.29) is 11.3 Å². The highest BCUT2D eigenvalue weighted by Crippen LogP contribution is 2.35. The molecule has 2 aromatic carbocycles. The number of carbonyl (C=O) groups is 1. The molecule has 148 valence electrons. The molecule has 1 aliphatic rings. The highest BCUT2D eigenvalue weighted by atomic mass is 79.9. The van der Waals surface area contributed by atoms with Gasteiger partial charge >= 0.3 is 0 Å². The van der Waals surface area contributed by atoms with Gasteiger partial charge in [-0.15, -0.1) is 0 Å². The van der Waals surface area contributed by atoms with Gasteiger partial charge in [-0.25, -0.2) is 9.97 Å². The Morgan fingerprint density at radius 1 is 1.03 bits per heavy atom. The Morgan fingerprint density at radius 2 is 1.76 bits per heavy atom. The van der Waals surface area contributed by atoms with E-state index in [4.69, 9.17) is 4.74 Å². The molecule has 1 aromatic heterocycles. The second-order valence-electron chi connectivity index (χ2n) is 7.25. The van der Waals surface area contributed by atoms with Crippen LogP contribution in [0.3, 0.4) is 0 Å². The SMILES string of the molecule is O=C(NCC1(c2cccc(Br)c2)CCOCC1)c1cnc(-c2ccccc2)nc1. The number of ether oxygens (including phenoxy) is 1. The third-order valence-electron chi connectivity index (χ3n) is 5.42. The molecule has 3 aromatic rings. The van der Waals surface area contributed by atoms with Crippen molar-refractivity contribution in [1.82, 2.24) is 15.3 Å². The zero-order chi connectivity index (χ0) is 20.1. The molecule has 0 unspecified atom stereocenters. The Labute approximate surface area is 178 Å². The van der Waals surface area contributed by atoms with Crippen LogP contribution in [0.15, 0.2) is 71.5 Å². The van der Waals surface area contributed by atoms with Crippen molar-refractivity contribution in [2.24, 2.45) is 0 Å². The van der Waals surface area contributed by atoms with Crippen LogP contribution in [0.1, 0.15) is 28.8 Å². The predicted octanol–water partition coefficient (Wildman–Crippen LogP) is 4.38. The summed E-state index contributed by atoms with van der Waals surface area (Å²) in [4.78, 5) is 21.5. The minimum atomic E-state index is -0.162. The number of nitrogens with one attached hydrogen (secondary N) is 1. The summed E-state index contributed by atoms with van der Waals surface area (Å²) in [6.45, 7) is 1.93. The van der Waals surface area contributed by atoms with E-state index < -0.39 is 0 Å². The summed E-state index contributed by atoms with van der Waals surface area (Å²) in [5, 5.41) is 3.10. The molecular weight excluding hydrogens is 430 g/mol. The van der Waals surface area contributed by atoms with Crippen LogP contribution >= 0.6 is 15.9 Å². The monoisotopic (exact) mass is 451 g/mol. The number of hydrogen-bond acceptors (Lipinski definition) is 4. The minimum Gasteiger partial charge on any atom is -0.381 e. The van der Waals surface area contributed by atoms with Crippen LogP contribution in [0.4, 0.5) is 0 Å². The highest BCUT2D eigenvalue weighted by molar-refractivity contribution is 9.10. The molecule has 0 atom stereocenters. The van der Waals surface area contributed by atoms with Gasteiger partial charge in [-0.05, 0) is 30.5 Å². The van der Waals surface area contributed by atoms with Crippen LogP contribution in [-0.2, 0) is 10.2 Å². The van der Waals surface area contributed by atoms with Crippen LogP contribution < -0.4 is 5.32 Å². The Balaban J connectivity index is 1.48. The largest absolute Gasteiger partial charge is 0.381 e. The first-order valence-electron chi connectivity index (χ1n) is 9.66. The van der Waals surface area contributed by atoms with E-state index in [1.807, 2.05) is 42.5 Å². The quantitative estimate of drug-likeness (QED) is 0.624. The van der Waals surface area contributed by atoms with E-state index in [9.17, 15) is 4.79 Å². The summed E-state index contributed by atoms with van der Waals surface area (Å²) < 4.78 is 6.62. The molecule has 1 aliphatic heterocycles. The second kappa shape index (κ2) is 8.84. The third-order valence-corrected chi connectivity index (χ3v) is 5.91. The lowest BCUT2D eigenvalue weighted by Gasteiger charge is -2.38. The van der Waals surface area contributed by atoms with Gasteiger partial charge in [0.15, 0.2) is 5.82 Å². The average molecular weight is 452 g/mol. The van der Waals surface area contributed by atoms with E-state index in [0.29, 0.717) is 31.1 Å². The first-order chi connectivity index (χ1) is 14.2. The van der Waals surface area contributed by atoms with Gasteiger partial charge in [-0.1, -0.05) is 58.4 Å². The minimum absolute atomic E-state index is 0.136. The lowest BCUT2D eigenvalue weighted by Crippen LogP contribution is -2.44. The number of halogens is 1. The van der Waals surface area contributed by atoms with Gasteiger partial charge in [0.2, 0.25) is 0 Å². The van der Waals surface area contributed by atoms with Crippen molar-refractivity contribution < 1.29 is 9.53 Å². The lowest BCUT2D eigenvalue weighted by atomic mass is 9.74. The normalized spacial score (nSPS) is 15.6. The number of rotatable bonds is 5. The highest BCUT2D eigenvalue weighted by Gasteiger charge is 2.35. The van der Waals surface area contributed by atoms with E-state index >= 15 is 0 Å². The lowest BCUT2D eigenvalue weighted by molar-refractivity contribution is 0.0487. The van der Waals surface area contributed by atoms with Crippen LogP contribution in [0.25, 0.3) is 11.4 Å². The van der Waals surface area contributed by atoms with Gasteiger partial charge in [-0.3, -0.25) is 4.79 Å². The van der Waals surface area contributed by atoms with Gasteiger partial charge in [0.25, 0.3) is 5.91 Å². The van der Waals surface area contributed by atoms with Crippen molar-refractivity contribution in [2.75, 3.05) is 19.8 Å². The predicted molar refractivity (Wildman–Crippen MR) is 116 cm³/mol. The number of carbonyl (C=O) groups excluding carboxylic acids is 1. The first-order valence-corrected chi connectivity index (χ1v) is 10.5. The van der Waals surface area contributed by atoms with Gasteiger partial charge in [0.1, 0.15) is 0 Å². The van der Waals surface area contributed by atoms with Crippen LogP contribution in [0.2, 0.25) is 0 Å².